The van der Waals surface area contributed by atoms with E-state index in [1.807, 2.05) is 6.92 Å². The molecular weight excluding hydrogens is 192 g/mol. The molecule has 4 heteroatoms. The van der Waals surface area contributed by atoms with Crippen molar-refractivity contribution < 1.29 is 9.90 Å². The quantitative estimate of drug-likeness (QED) is 0.731. The summed E-state index contributed by atoms with van der Waals surface area (Å²) in [7, 11) is 0. The third-order valence-electron chi connectivity index (χ3n) is 1.90. The van der Waals surface area contributed by atoms with E-state index in [1.165, 1.54) is 6.07 Å². The van der Waals surface area contributed by atoms with Crippen LogP contribution in [0.4, 0.5) is 5.82 Å². The van der Waals surface area contributed by atoms with Gasteiger partial charge in [0.2, 0.25) is 0 Å². The van der Waals surface area contributed by atoms with Crippen molar-refractivity contribution in [3.05, 3.63) is 23.9 Å². The van der Waals surface area contributed by atoms with E-state index in [0.29, 0.717) is 5.82 Å². The number of carbonyl (C=O) groups is 1. The Hall–Kier alpha value is -2.02. The summed E-state index contributed by atoms with van der Waals surface area (Å²) in [6, 6.07) is 4.63. The Morgan fingerprint density at radius 1 is 1.73 bits per heavy atom. The fraction of sp³-hybridized carbons (Fsp3) is 0.273. The molecule has 0 amide bonds. The molecule has 1 heterocycles. The van der Waals surface area contributed by atoms with Gasteiger partial charge in [-0.15, -0.1) is 6.42 Å². The van der Waals surface area contributed by atoms with Crippen molar-refractivity contribution in [1.29, 1.82) is 0 Å². The standard InChI is InChI=1S/C11H12N2O2/c1-3-8(4-2)12-10-7-5-6-9(13-10)11(14)15/h1,5-8H,4H2,2H3,(H,12,13)(H,14,15). The van der Waals surface area contributed by atoms with Crippen LogP contribution in [0.1, 0.15) is 23.8 Å². The highest BCUT2D eigenvalue weighted by atomic mass is 16.4. The monoisotopic (exact) mass is 204 g/mol. The van der Waals surface area contributed by atoms with Gasteiger partial charge in [0.25, 0.3) is 0 Å². The van der Waals surface area contributed by atoms with Gasteiger partial charge in [0, 0.05) is 0 Å². The maximum absolute atomic E-state index is 10.6. The van der Waals surface area contributed by atoms with E-state index in [-0.39, 0.29) is 11.7 Å². The summed E-state index contributed by atoms with van der Waals surface area (Å²) >= 11 is 0. The minimum atomic E-state index is -1.05. The van der Waals surface area contributed by atoms with Crippen molar-refractivity contribution in [2.75, 3.05) is 5.32 Å². The van der Waals surface area contributed by atoms with Gasteiger partial charge in [0.1, 0.15) is 5.82 Å². The summed E-state index contributed by atoms with van der Waals surface area (Å²) < 4.78 is 0. The normalized spacial score (nSPS) is 11.5. The molecule has 0 spiro atoms. The van der Waals surface area contributed by atoms with Crippen LogP contribution in [0.5, 0.6) is 0 Å². The first-order valence-corrected chi connectivity index (χ1v) is 4.60. The molecule has 0 bridgehead atoms. The Balaban J connectivity index is 2.83. The molecule has 0 aliphatic rings. The zero-order valence-electron chi connectivity index (χ0n) is 8.40. The highest BCUT2D eigenvalue weighted by molar-refractivity contribution is 5.85. The van der Waals surface area contributed by atoms with E-state index >= 15 is 0 Å². The zero-order valence-corrected chi connectivity index (χ0v) is 8.40. The van der Waals surface area contributed by atoms with Crippen LogP contribution in [-0.2, 0) is 0 Å². The molecule has 1 atom stereocenters. The van der Waals surface area contributed by atoms with Gasteiger partial charge in [0.15, 0.2) is 5.69 Å². The van der Waals surface area contributed by atoms with Gasteiger partial charge in [-0.25, -0.2) is 9.78 Å². The summed E-state index contributed by atoms with van der Waals surface area (Å²) in [6.45, 7) is 1.94. The van der Waals surface area contributed by atoms with Gasteiger partial charge in [-0.2, -0.15) is 0 Å². The number of anilines is 1. The topological polar surface area (TPSA) is 62.2 Å². The molecule has 2 N–H and O–H groups in total. The van der Waals surface area contributed by atoms with Crippen molar-refractivity contribution in [3.8, 4) is 12.3 Å². The number of hydrogen-bond donors (Lipinski definition) is 2. The minimum absolute atomic E-state index is 0.00637. The molecule has 1 aromatic rings. The van der Waals surface area contributed by atoms with Crippen LogP contribution in [0.15, 0.2) is 18.2 Å². The first kappa shape index (κ1) is 11.1. The van der Waals surface area contributed by atoms with E-state index in [4.69, 9.17) is 11.5 Å². The van der Waals surface area contributed by atoms with Crippen LogP contribution < -0.4 is 5.32 Å². The number of hydrogen-bond acceptors (Lipinski definition) is 3. The van der Waals surface area contributed by atoms with E-state index in [9.17, 15) is 4.79 Å². The zero-order chi connectivity index (χ0) is 11.3. The number of rotatable bonds is 4. The second-order valence-corrected chi connectivity index (χ2v) is 2.99. The van der Waals surface area contributed by atoms with Crippen LogP contribution in [0, 0.1) is 12.3 Å². The first-order chi connectivity index (χ1) is 7.17. The SMILES string of the molecule is C#CC(CC)Nc1cccc(C(=O)O)n1. The molecule has 0 saturated heterocycles. The smallest absolute Gasteiger partial charge is 0.354 e. The predicted octanol–water partition coefficient (Wildman–Crippen LogP) is 1.60. The Morgan fingerprint density at radius 3 is 3.00 bits per heavy atom. The minimum Gasteiger partial charge on any atom is -0.477 e. The van der Waals surface area contributed by atoms with Gasteiger partial charge >= 0.3 is 5.97 Å². The van der Waals surface area contributed by atoms with Crippen molar-refractivity contribution in [2.45, 2.75) is 19.4 Å². The fourth-order valence-corrected chi connectivity index (χ4v) is 1.07. The van der Waals surface area contributed by atoms with Crippen LogP contribution in [0.2, 0.25) is 0 Å². The lowest BCUT2D eigenvalue weighted by Crippen LogP contribution is -2.17. The van der Waals surface area contributed by atoms with Crippen molar-refractivity contribution in [2.24, 2.45) is 0 Å². The average Bonchev–Trinajstić information content (AvgIpc) is 2.26. The number of nitrogens with zero attached hydrogens (tertiary/aromatic N) is 1. The van der Waals surface area contributed by atoms with Gasteiger partial charge < -0.3 is 10.4 Å². The molecule has 78 valence electrons. The predicted molar refractivity (Wildman–Crippen MR) is 57.7 cm³/mol. The van der Waals surface area contributed by atoms with Crippen LogP contribution in [0.25, 0.3) is 0 Å². The number of pyridine rings is 1. The molecule has 0 saturated carbocycles. The van der Waals surface area contributed by atoms with E-state index < -0.39 is 5.97 Å². The van der Waals surface area contributed by atoms with Gasteiger partial charge in [0.05, 0.1) is 6.04 Å². The summed E-state index contributed by atoms with van der Waals surface area (Å²) in [4.78, 5) is 14.5. The largest absolute Gasteiger partial charge is 0.477 e. The fourth-order valence-electron chi connectivity index (χ4n) is 1.07. The van der Waals surface area contributed by atoms with Crippen molar-refractivity contribution >= 4 is 11.8 Å². The third kappa shape index (κ3) is 2.99. The molecule has 0 fully saturated rings. The Morgan fingerprint density at radius 2 is 2.47 bits per heavy atom. The molecule has 0 radical (unpaired) electrons. The molecule has 15 heavy (non-hydrogen) atoms. The maximum atomic E-state index is 10.6. The molecular formula is C11H12N2O2. The van der Waals surface area contributed by atoms with Crippen LogP contribution >= 0.6 is 0 Å². The molecule has 0 aromatic carbocycles. The Labute approximate surface area is 88.3 Å². The highest BCUT2D eigenvalue weighted by Crippen LogP contribution is 2.07. The van der Waals surface area contributed by atoms with Crippen LogP contribution in [0.3, 0.4) is 0 Å². The third-order valence-corrected chi connectivity index (χ3v) is 1.90. The van der Waals surface area contributed by atoms with Gasteiger partial charge in [-0.3, -0.25) is 0 Å². The molecule has 1 rings (SSSR count). The van der Waals surface area contributed by atoms with E-state index in [2.05, 4.69) is 16.2 Å². The van der Waals surface area contributed by atoms with Gasteiger partial charge in [-0.05, 0) is 18.6 Å². The van der Waals surface area contributed by atoms with Crippen molar-refractivity contribution in [1.82, 2.24) is 4.98 Å². The number of aromatic carboxylic acids is 1. The highest BCUT2D eigenvalue weighted by Gasteiger charge is 2.07. The number of carboxylic acids is 1. The number of carboxylic acid groups (broad SMARTS) is 1. The summed E-state index contributed by atoms with van der Waals surface area (Å²) in [5.41, 5.74) is 0.00637. The lowest BCUT2D eigenvalue weighted by molar-refractivity contribution is 0.0690. The number of aromatic nitrogens is 1. The Kier molecular flexibility index (Phi) is 3.69. The van der Waals surface area contributed by atoms with Crippen LogP contribution in [-0.4, -0.2) is 22.1 Å². The Bertz CT molecular complexity index is 396. The summed E-state index contributed by atoms with van der Waals surface area (Å²) in [5.74, 6) is 1.99. The number of nitrogens with one attached hydrogen (secondary N) is 1. The van der Waals surface area contributed by atoms with E-state index in [0.717, 1.165) is 6.42 Å². The first-order valence-electron chi connectivity index (χ1n) is 4.60. The lowest BCUT2D eigenvalue weighted by atomic mass is 10.2. The molecule has 0 aliphatic heterocycles. The second-order valence-electron chi connectivity index (χ2n) is 2.99. The lowest BCUT2D eigenvalue weighted by Gasteiger charge is -2.11. The maximum Gasteiger partial charge on any atom is 0.354 e. The summed E-state index contributed by atoms with van der Waals surface area (Å²) in [5, 5.41) is 11.7. The van der Waals surface area contributed by atoms with Gasteiger partial charge in [-0.1, -0.05) is 18.9 Å². The average molecular weight is 204 g/mol. The molecule has 4 nitrogen and oxygen atoms in total. The molecule has 1 unspecified atom stereocenters. The molecule has 1 aromatic heterocycles. The summed E-state index contributed by atoms with van der Waals surface area (Å²) in [6.07, 6.45) is 6.03. The molecule has 0 aliphatic carbocycles. The second kappa shape index (κ2) is 5.01. The van der Waals surface area contributed by atoms with E-state index in [1.54, 1.807) is 12.1 Å². The van der Waals surface area contributed by atoms with Crippen molar-refractivity contribution in [3.63, 3.8) is 0 Å². The number of terminal acetylenes is 1.